The van der Waals surface area contributed by atoms with E-state index in [9.17, 15) is 4.79 Å². The molecule has 1 unspecified atom stereocenters. The molecule has 0 amide bonds. The van der Waals surface area contributed by atoms with Crippen LogP contribution in [-0.4, -0.2) is 41.8 Å². The molecule has 2 rings (SSSR count). The largest absolute Gasteiger partial charge is 0.480 e. The minimum absolute atomic E-state index is 0.202. The maximum absolute atomic E-state index is 11.1. The number of morpholine rings is 1. The number of carboxylic acid groups (broad SMARTS) is 1. The Morgan fingerprint density at radius 2 is 2.28 bits per heavy atom. The molecular weight excluding hydrogens is 277 g/mol. The van der Waals surface area contributed by atoms with Crippen LogP contribution in [0.5, 0.6) is 0 Å². The van der Waals surface area contributed by atoms with Gasteiger partial charge in [-0.05, 0) is 11.6 Å². The number of carboxylic acids is 1. The maximum atomic E-state index is 11.1. The molecule has 1 heterocycles. The number of hydrogen-bond donors (Lipinski definition) is 1. The lowest BCUT2D eigenvalue weighted by molar-refractivity contribution is -0.150. The summed E-state index contributed by atoms with van der Waals surface area (Å²) >= 11 is 12.0. The van der Waals surface area contributed by atoms with Crippen molar-refractivity contribution in [1.82, 2.24) is 4.90 Å². The van der Waals surface area contributed by atoms with Crippen LogP contribution in [0.2, 0.25) is 10.0 Å². The molecule has 1 N–H and O–H groups in total. The van der Waals surface area contributed by atoms with Gasteiger partial charge in [0.25, 0.3) is 0 Å². The summed E-state index contributed by atoms with van der Waals surface area (Å²) in [4.78, 5) is 13.0. The number of benzene rings is 1. The second-order valence-electron chi connectivity index (χ2n) is 4.11. The first-order valence-electron chi connectivity index (χ1n) is 5.57. The van der Waals surface area contributed by atoms with Crippen LogP contribution in [0.3, 0.4) is 0 Å². The van der Waals surface area contributed by atoms with Crippen LogP contribution in [0, 0.1) is 0 Å². The van der Waals surface area contributed by atoms with Crippen molar-refractivity contribution < 1.29 is 14.6 Å². The monoisotopic (exact) mass is 289 g/mol. The average molecular weight is 290 g/mol. The van der Waals surface area contributed by atoms with Gasteiger partial charge in [-0.2, -0.15) is 0 Å². The van der Waals surface area contributed by atoms with Crippen molar-refractivity contribution in [3.05, 3.63) is 33.8 Å². The van der Waals surface area contributed by atoms with E-state index in [1.807, 2.05) is 11.0 Å². The lowest BCUT2D eigenvalue weighted by Gasteiger charge is -2.33. The first-order valence-corrected chi connectivity index (χ1v) is 6.32. The van der Waals surface area contributed by atoms with E-state index in [1.165, 1.54) is 0 Å². The van der Waals surface area contributed by atoms with Crippen molar-refractivity contribution >= 4 is 29.2 Å². The molecule has 0 spiro atoms. The molecule has 18 heavy (non-hydrogen) atoms. The summed E-state index contributed by atoms with van der Waals surface area (Å²) in [5.41, 5.74) is 0.831. The van der Waals surface area contributed by atoms with E-state index in [4.69, 9.17) is 33.0 Å². The van der Waals surface area contributed by atoms with E-state index in [2.05, 4.69) is 0 Å². The Bertz CT molecular complexity index is 453. The molecular formula is C12H13Cl2NO3. The van der Waals surface area contributed by atoms with Crippen LogP contribution in [-0.2, 0) is 16.1 Å². The van der Waals surface area contributed by atoms with Gasteiger partial charge in [0, 0.05) is 13.1 Å². The summed E-state index contributed by atoms with van der Waals surface area (Å²) in [6, 6.07) is 4.73. The predicted molar refractivity (Wildman–Crippen MR) is 69.1 cm³/mol. The molecule has 98 valence electrons. The van der Waals surface area contributed by atoms with E-state index in [-0.39, 0.29) is 6.61 Å². The lowest BCUT2D eigenvalue weighted by Crippen LogP contribution is -2.49. The van der Waals surface area contributed by atoms with Crippen molar-refractivity contribution in [2.75, 3.05) is 19.8 Å². The number of carbonyl (C=O) groups is 1. The summed E-state index contributed by atoms with van der Waals surface area (Å²) < 4.78 is 5.18. The van der Waals surface area contributed by atoms with E-state index in [1.54, 1.807) is 12.1 Å². The van der Waals surface area contributed by atoms with Crippen molar-refractivity contribution in [3.63, 3.8) is 0 Å². The fraction of sp³-hybridized carbons (Fsp3) is 0.417. The molecule has 6 heteroatoms. The van der Waals surface area contributed by atoms with Gasteiger partial charge < -0.3 is 9.84 Å². The second kappa shape index (κ2) is 5.89. The van der Waals surface area contributed by atoms with Gasteiger partial charge in [0.1, 0.15) is 6.04 Å². The van der Waals surface area contributed by atoms with Gasteiger partial charge in [-0.25, -0.2) is 0 Å². The number of aliphatic carboxylic acids is 1. The molecule has 1 fully saturated rings. The van der Waals surface area contributed by atoms with E-state index >= 15 is 0 Å². The molecule has 0 radical (unpaired) electrons. The highest BCUT2D eigenvalue weighted by atomic mass is 35.5. The molecule has 1 aromatic carbocycles. The number of halogens is 2. The highest BCUT2D eigenvalue weighted by Crippen LogP contribution is 2.27. The summed E-state index contributed by atoms with van der Waals surface area (Å²) in [6.45, 7) is 1.76. The SMILES string of the molecule is O=C(O)C1COCCN1Cc1cccc(Cl)c1Cl. The molecule has 0 aromatic heterocycles. The zero-order valence-electron chi connectivity index (χ0n) is 9.60. The maximum Gasteiger partial charge on any atom is 0.323 e. The van der Waals surface area contributed by atoms with Gasteiger partial charge in [0.05, 0.1) is 23.3 Å². The van der Waals surface area contributed by atoms with Gasteiger partial charge in [0.15, 0.2) is 0 Å². The third-order valence-electron chi connectivity index (χ3n) is 2.93. The van der Waals surface area contributed by atoms with Crippen LogP contribution < -0.4 is 0 Å². The van der Waals surface area contributed by atoms with Gasteiger partial charge in [-0.3, -0.25) is 9.69 Å². The molecule has 1 aliphatic heterocycles. The third kappa shape index (κ3) is 2.95. The van der Waals surface area contributed by atoms with Gasteiger partial charge in [0.2, 0.25) is 0 Å². The van der Waals surface area contributed by atoms with E-state index < -0.39 is 12.0 Å². The highest BCUT2D eigenvalue weighted by molar-refractivity contribution is 6.42. The summed E-state index contributed by atoms with van der Waals surface area (Å²) in [5.74, 6) is -0.882. The van der Waals surface area contributed by atoms with Crippen LogP contribution in [0.25, 0.3) is 0 Å². The smallest absolute Gasteiger partial charge is 0.323 e. The Morgan fingerprint density at radius 1 is 1.50 bits per heavy atom. The molecule has 1 saturated heterocycles. The quantitative estimate of drug-likeness (QED) is 0.928. The Hall–Kier alpha value is -0.810. The second-order valence-corrected chi connectivity index (χ2v) is 4.90. The van der Waals surface area contributed by atoms with Gasteiger partial charge in [-0.1, -0.05) is 35.3 Å². The number of hydrogen-bond acceptors (Lipinski definition) is 3. The Morgan fingerprint density at radius 3 is 3.00 bits per heavy atom. The molecule has 4 nitrogen and oxygen atoms in total. The van der Waals surface area contributed by atoms with Crippen molar-refractivity contribution in [3.8, 4) is 0 Å². The Kier molecular flexibility index (Phi) is 4.45. The summed E-state index contributed by atoms with van der Waals surface area (Å²) in [6.07, 6.45) is 0. The van der Waals surface area contributed by atoms with E-state index in [0.717, 1.165) is 5.56 Å². The first-order chi connectivity index (χ1) is 8.59. The fourth-order valence-corrected chi connectivity index (χ4v) is 2.32. The zero-order valence-corrected chi connectivity index (χ0v) is 11.1. The van der Waals surface area contributed by atoms with Crippen LogP contribution in [0.1, 0.15) is 5.56 Å². The average Bonchev–Trinajstić information content (AvgIpc) is 2.35. The topological polar surface area (TPSA) is 49.8 Å². The summed E-state index contributed by atoms with van der Waals surface area (Å²) in [7, 11) is 0. The normalized spacial score (nSPS) is 20.9. The number of ether oxygens (including phenoxy) is 1. The zero-order chi connectivity index (χ0) is 13.1. The van der Waals surface area contributed by atoms with E-state index in [0.29, 0.717) is 29.7 Å². The summed E-state index contributed by atoms with van der Waals surface area (Å²) in [5, 5.41) is 10.1. The molecule has 1 aliphatic rings. The van der Waals surface area contributed by atoms with Crippen molar-refractivity contribution in [2.24, 2.45) is 0 Å². The standard InChI is InChI=1S/C12H13Cl2NO3/c13-9-3-1-2-8(11(9)14)6-15-4-5-18-7-10(15)12(16)17/h1-3,10H,4-7H2,(H,16,17). The fourth-order valence-electron chi connectivity index (χ4n) is 1.94. The minimum atomic E-state index is -0.882. The Labute approximate surface area is 115 Å². The van der Waals surface area contributed by atoms with Gasteiger partial charge >= 0.3 is 5.97 Å². The Balaban J connectivity index is 2.16. The predicted octanol–water partition coefficient (Wildman–Crippen LogP) is 2.28. The van der Waals surface area contributed by atoms with Gasteiger partial charge in [-0.15, -0.1) is 0 Å². The molecule has 0 aliphatic carbocycles. The van der Waals surface area contributed by atoms with Crippen molar-refractivity contribution in [2.45, 2.75) is 12.6 Å². The third-order valence-corrected chi connectivity index (χ3v) is 3.79. The highest BCUT2D eigenvalue weighted by Gasteiger charge is 2.29. The van der Waals surface area contributed by atoms with Crippen LogP contribution in [0.15, 0.2) is 18.2 Å². The van der Waals surface area contributed by atoms with Crippen LogP contribution in [0.4, 0.5) is 0 Å². The van der Waals surface area contributed by atoms with Crippen molar-refractivity contribution in [1.29, 1.82) is 0 Å². The minimum Gasteiger partial charge on any atom is -0.480 e. The molecule has 1 aromatic rings. The van der Waals surface area contributed by atoms with Crippen LogP contribution >= 0.6 is 23.2 Å². The first kappa shape index (κ1) is 13.6. The number of rotatable bonds is 3. The lowest BCUT2D eigenvalue weighted by atomic mass is 10.1. The molecule has 0 saturated carbocycles. The molecule has 0 bridgehead atoms. The molecule has 1 atom stereocenters. The number of nitrogens with zero attached hydrogens (tertiary/aromatic N) is 1.